The molecular weight excluding hydrogens is 582 g/mol. The van der Waals surface area contributed by atoms with Crippen LogP contribution >= 0.6 is 0 Å². The minimum absolute atomic E-state index is 0.0105. The van der Waals surface area contributed by atoms with Gasteiger partial charge in [0.2, 0.25) is 0 Å². The third-order valence-electron chi connectivity index (χ3n) is 12.5. The van der Waals surface area contributed by atoms with Crippen LogP contribution in [0.1, 0.15) is 37.0 Å². The van der Waals surface area contributed by atoms with Crippen LogP contribution in [0.5, 0.6) is 5.75 Å². The number of ether oxygens (including phenoxy) is 6. The van der Waals surface area contributed by atoms with Gasteiger partial charge in [0.05, 0.1) is 36.9 Å². The maximum atomic E-state index is 14.0. The molecule has 0 amide bonds. The van der Waals surface area contributed by atoms with E-state index in [0.717, 1.165) is 0 Å². The van der Waals surface area contributed by atoms with Crippen molar-refractivity contribution in [3.05, 3.63) is 42.0 Å². The van der Waals surface area contributed by atoms with Crippen LogP contribution in [0.15, 0.2) is 36.4 Å². The molecule has 0 radical (unpaired) electrons. The van der Waals surface area contributed by atoms with Gasteiger partial charge in [0.1, 0.15) is 23.1 Å². The van der Waals surface area contributed by atoms with Crippen LogP contribution in [0.25, 0.3) is 0 Å². The first-order valence-corrected chi connectivity index (χ1v) is 15.8. The Morgan fingerprint density at radius 1 is 1.04 bits per heavy atom. The molecule has 12 atom stereocenters. The summed E-state index contributed by atoms with van der Waals surface area (Å²) in [7, 11) is 6.34. The lowest BCUT2D eigenvalue weighted by Gasteiger charge is -2.65. The first kappa shape index (κ1) is 30.8. The van der Waals surface area contributed by atoms with Crippen LogP contribution in [0.4, 0.5) is 0 Å². The van der Waals surface area contributed by atoms with Crippen LogP contribution in [0.2, 0.25) is 0 Å². The van der Waals surface area contributed by atoms with E-state index in [0.29, 0.717) is 24.4 Å². The Bertz CT molecular complexity index is 1430. The van der Waals surface area contributed by atoms with E-state index in [4.69, 9.17) is 28.4 Å². The van der Waals surface area contributed by atoms with Crippen molar-refractivity contribution in [3.8, 4) is 5.75 Å². The molecule has 2 unspecified atom stereocenters. The largest absolute Gasteiger partial charge is 0.497 e. The topological polar surface area (TPSA) is 130 Å². The van der Waals surface area contributed by atoms with Gasteiger partial charge in [-0.05, 0) is 49.2 Å². The first-order valence-electron chi connectivity index (χ1n) is 15.8. The van der Waals surface area contributed by atoms with Crippen LogP contribution in [0, 0.1) is 34.5 Å². The number of piperidine rings is 1. The number of nitrogens with zero attached hydrogens (tertiary/aromatic N) is 1. The summed E-state index contributed by atoms with van der Waals surface area (Å²) in [5.74, 6) is -2.13. The van der Waals surface area contributed by atoms with Gasteiger partial charge in [0.25, 0.3) is 0 Å². The van der Waals surface area contributed by atoms with Gasteiger partial charge in [0, 0.05) is 70.4 Å². The van der Waals surface area contributed by atoms with E-state index in [1.54, 1.807) is 51.7 Å². The molecule has 1 N–H and O–H groups in total. The molecule has 11 nitrogen and oxygen atoms in total. The third kappa shape index (κ3) is 3.67. The molecule has 1 aliphatic heterocycles. The Balaban J connectivity index is 1.45. The number of ketones is 1. The molecule has 1 aromatic carbocycles. The van der Waals surface area contributed by atoms with Crippen LogP contribution < -0.4 is 4.74 Å². The van der Waals surface area contributed by atoms with E-state index in [2.05, 4.69) is 11.8 Å². The summed E-state index contributed by atoms with van der Waals surface area (Å²) >= 11 is 0. The van der Waals surface area contributed by atoms with Crippen molar-refractivity contribution < 1.29 is 47.9 Å². The maximum absolute atomic E-state index is 14.0. The summed E-state index contributed by atoms with van der Waals surface area (Å²) in [5.41, 5.74) is -4.04. The average molecular weight is 626 g/mol. The van der Waals surface area contributed by atoms with Gasteiger partial charge >= 0.3 is 11.9 Å². The highest BCUT2D eigenvalue weighted by atomic mass is 16.6. The molecule has 7 rings (SSSR count). The van der Waals surface area contributed by atoms with E-state index in [1.165, 1.54) is 14.0 Å². The zero-order chi connectivity index (χ0) is 32.1. The fourth-order valence-corrected chi connectivity index (χ4v) is 11.4. The zero-order valence-corrected chi connectivity index (χ0v) is 26.7. The van der Waals surface area contributed by atoms with Gasteiger partial charge in [-0.1, -0.05) is 13.0 Å². The normalized spacial score (nSPS) is 45.4. The number of rotatable bonds is 9. The summed E-state index contributed by atoms with van der Waals surface area (Å²) in [6, 6.07) is 6.43. The van der Waals surface area contributed by atoms with E-state index in [1.807, 2.05) is 6.08 Å². The average Bonchev–Trinajstić information content (AvgIpc) is 3.39. The minimum atomic E-state index is -1.57. The molecule has 45 heavy (non-hydrogen) atoms. The van der Waals surface area contributed by atoms with E-state index in [9.17, 15) is 19.5 Å². The number of allylic oxidation sites excluding steroid dienone is 1. The molecule has 4 saturated carbocycles. The molecule has 1 heterocycles. The first-order chi connectivity index (χ1) is 21.5. The number of hydrogen-bond donors (Lipinski definition) is 1. The van der Waals surface area contributed by atoms with Crippen LogP contribution in [-0.4, -0.2) is 111 Å². The Labute approximate surface area is 263 Å². The van der Waals surface area contributed by atoms with E-state index >= 15 is 0 Å². The van der Waals surface area contributed by atoms with Crippen molar-refractivity contribution in [2.24, 2.45) is 34.5 Å². The predicted molar refractivity (Wildman–Crippen MR) is 158 cm³/mol. The third-order valence-corrected chi connectivity index (χ3v) is 12.5. The monoisotopic (exact) mass is 625 g/mol. The second-order valence-electron chi connectivity index (χ2n) is 13.9. The van der Waals surface area contributed by atoms with Crippen LogP contribution in [0.3, 0.4) is 0 Å². The number of benzene rings is 1. The van der Waals surface area contributed by atoms with E-state index < -0.39 is 64.1 Å². The highest BCUT2D eigenvalue weighted by Gasteiger charge is 2.88. The smallest absolute Gasteiger partial charge is 0.338 e. The molecule has 11 heteroatoms. The number of esters is 2. The van der Waals surface area contributed by atoms with Gasteiger partial charge in [-0.15, -0.1) is 0 Å². The van der Waals surface area contributed by atoms with Gasteiger partial charge in [-0.3, -0.25) is 14.5 Å². The van der Waals surface area contributed by atoms with Crippen molar-refractivity contribution in [1.29, 1.82) is 0 Å². The SMILES string of the molecule is CCN1C[C@]2(COC)C(=O)C=C[C@]34C1C([C@H](OC)[C@H]23)[C@@]1(OC(C)=O)C[C@H](OC)[C@@]2(O)C[C@@H]4[C@@H]1[C@H]2OC(=O)c1ccc(OC)cc1. The minimum Gasteiger partial charge on any atom is -0.497 e. The molecule has 6 aliphatic rings. The summed E-state index contributed by atoms with van der Waals surface area (Å²) in [6.07, 6.45) is 1.84. The molecule has 1 aromatic rings. The van der Waals surface area contributed by atoms with Crippen molar-refractivity contribution in [2.45, 2.75) is 62.2 Å². The maximum Gasteiger partial charge on any atom is 0.338 e. The lowest BCUT2D eigenvalue weighted by molar-refractivity contribution is -0.265. The predicted octanol–water partition coefficient (Wildman–Crippen LogP) is 2.05. The number of aliphatic hydroxyl groups is 1. The molecule has 0 aromatic heterocycles. The zero-order valence-electron chi connectivity index (χ0n) is 26.7. The van der Waals surface area contributed by atoms with Crippen molar-refractivity contribution in [3.63, 3.8) is 0 Å². The molecule has 7 bridgehead atoms. The van der Waals surface area contributed by atoms with Crippen molar-refractivity contribution >= 4 is 17.7 Å². The standard InChI is InChI=1S/C34H43NO10/c1-7-35-16-31(17-40-3)22(37)12-13-32-21-14-33(39)23(42-5)15-34(45-18(2)36,25(28(32)35)26(43-6)27(31)32)24(21)29(33)44-30(38)19-8-10-20(41-4)11-9-19/h8-13,21,23-29,39H,7,14-17H2,1-6H3/t21-,23+,24-,25?,26+,27-,28?,29-,31+,32-,33+,34-/m1/s1. The Morgan fingerprint density at radius 3 is 2.38 bits per heavy atom. The summed E-state index contributed by atoms with van der Waals surface area (Å²) in [5, 5.41) is 12.6. The van der Waals surface area contributed by atoms with Gasteiger partial charge < -0.3 is 33.5 Å². The quantitative estimate of drug-likeness (QED) is 0.405. The Morgan fingerprint density at radius 2 is 1.78 bits per heavy atom. The fraction of sp³-hybridized carbons (Fsp3) is 0.676. The summed E-state index contributed by atoms with van der Waals surface area (Å²) in [6.45, 7) is 4.80. The summed E-state index contributed by atoms with van der Waals surface area (Å²) < 4.78 is 36.4. The number of carbonyl (C=O) groups is 3. The molecule has 5 aliphatic carbocycles. The number of hydrogen-bond acceptors (Lipinski definition) is 11. The molecule has 244 valence electrons. The lowest BCUT2D eigenvalue weighted by Crippen LogP contribution is -2.75. The number of methoxy groups -OCH3 is 4. The van der Waals surface area contributed by atoms with Crippen molar-refractivity contribution in [1.82, 2.24) is 4.90 Å². The Kier molecular flexibility index (Phi) is 7.08. The second-order valence-corrected chi connectivity index (χ2v) is 13.9. The highest BCUT2D eigenvalue weighted by Crippen LogP contribution is 2.79. The van der Waals surface area contributed by atoms with Gasteiger partial charge in [0.15, 0.2) is 5.78 Å². The highest BCUT2D eigenvalue weighted by molar-refractivity contribution is 5.97. The Hall–Kier alpha value is -2.83. The van der Waals surface area contributed by atoms with E-state index in [-0.39, 0.29) is 43.1 Å². The second kappa shape index (κ2) is 10.3. The summed E-state index contributed by atoms with van der Waals surface area (Å²) in [4.78, 5) is 43.3. The lowest BCUT2D eigenvalue weighted by atomic mass is 9.46. The molecular formula is C34H43NO10. The fourth-order valence-electron chi connectivity index (χ4n) is 11.4. The molecule has 5 fully saturated rings. The molecule has 1 saturated heterocycles. The van der Waals surface area contributed by atoms with Gasteiger partial charge in [-0.25, -0.2) is 4.79 Å². The number of fused-ring (bicyclic) bond motifs is 2. The molecule has 1 spiro atoms. The number of carbonyl (C=O) groups excluding carboxylic acids is 3. The van der Waals surface area contributed by atoms with Crippen LogP contribution in [-0.2, 0) is 33.3 Å². The number of likely N-dealkylation sites (tertiary alicyclic amines) is 1. The van der Waals surface area contributed by atoms with Crippen molar-refractivity contribution in [2.75, 3.05) is 48.1 Å². The van der Waals surface area contributed by atoms with Gasteiger partial charge in [-0.2, -0.15) is 0 Å².